The molecule has 1 heterocycles. The van der Waals surface area contributed by atoms with Gasteiger partial charge in [-0.1, -0.05) is 46.9 Å². The SMILES string of the molecule is CN(C)[C@@H](c1ccc(Cl)cc1Cl)c1nnnn1-c1cccc(Cl)c1. The number of tetrazole rings is 1. The van der Waals surface area contributed by atoms with E-state index in [4.69, 9.17) is 34.8 Å². The molecule has 124 valence electrons. The third kappa shape index (κ3) is 3.39. The molecule has 1 aromatic heterocycles. The van der Waals surface area contributed by atoms with Crippen LogP contribution in [0.5, 0.6) is 0 Å². The van der Waals surface area contributed by atoms with Crippen LogP contribution in [0.25, 0.3) is 5.69 Å². The van der Waals surface area contributed by atoms with Crippen LogP contribution in [-0.4, -0.2) is 39.2 Å². The molecule has 0 fully saturated rings. The summed E-state index contributed by atoms with van der Waals surface area (Å²) < 4.78 is 1.65. The van der Waals surface area contributed by atoms with Crippen LogP contribution in [0.3, 0.4) is 0 Å². The quantitative estimate of drug-likeness (QED) is 0.676. The summed E-state index contributed by atoms with van der Waals surface area (Å²) in [6.07, 6.45) is 0. The van der Waals surface area contributed by atoms with Gasteiger partial charge >= 0.3 is 0 Å². The van der Waals surface area contributed by atoms with Crippen molar-refractivity contribution in [3.63, 3.8) is 0 Å². The maximum Gasteiger partial charge on any atom is 0.178 e. The number of aromatic nitrogens is 4. The summed E-state index contributed by atoms with van der Waals surface area (Å²) in [6.45, 7) is 0. The van der Waals surface area contributed by atoms with Crippen molar-refractivity contribution < 1.29 is 0 Å². The van der Waals surface area contributed by atoms with E-state index >= 15 is 0 Å². The van der Waals surface area contributed by atoms with Crippen LogP contribution in [-0.2, 0) is 0 Å². The fourth-order valence-electron chi connectivity index (χ4n) is 2.53. The second-order valence-corrected chi connectivity index (χ2v) is 6.74. The Balaban J connectivity index is 2.13. The van der Waals surface area contributed by atoms with Gasteiger partial charge in [-0.25, -0.2) is 0 Å². The lowest BCUT2D eigenvalue weighted by molar-refractivity contribution is 0.325. The first-order valence-electron chi connectivity index (χ1n) is 7.13. The van der Waals surface area contributed by atoms with Crippen molar-refractivity contribution in [1.29, 1.82) is 0 Å². The average molecular weight is 383 g/mol. The molecule has 0 N–H and O–H groups in total. The summed E-state index contributed by atoms with van der Waals surface area (Å²) in [5.41, 5.74) is 1.64. The average Bonchev–Trinajstić information content (AvgIpc) is 2.98. The maximum atomic E-state index is 6.40. The molecular weight excluding hydrogens is 369 g/mol. The van der Waals surface area contributed by atoms with E-state index in [2.05, 4.69) is 15.5 Å². The Hall–Kier alpha value is -1.66. The Morgan fingerprint density at radius 1 is 1.00 bits per heavy atom. The van der Waals surface area contributed by atoms with Gasteiger partial charge in [0.2, 0.25) is 0 Å². The Labute approximate surface area is 154 Å². The molecule has 2 aromatic carbocycles. The third-order valence-corrected chi connectivity index (χ3v) is 4.36. The minimum absolute atomic E-state index is 0.247. The number of hydrogen-bond donors (Lipinski definition) is 0. The van der Waals surface area contributed by atoms with Crippen LogP contribution in [0.4, 0.5) is 0 Å². The molecule has 8 heteroatoms. The Morgan fingerprint density at radius 3 is 2.42 bits per heavy atom. The molecule has 0 saturated heterocycles. The van der Waals surface area contributed by atoms with E-state index in [0.717, 1.165) is 11.3 Å². The molecule has 0 aliphatic carbocycles. The lowest BCUT2D eigenvalue weighted by Crippen LogP contribution is -2.25. The zero-order chi connectivity index (χ0) is 17.3. The first-order valence-corrected chi connectivity index (χ1v) is 8.26. The van der Waals surface area contributed by atoms with Crippen molar-refractivity contribution in [3.05, 3.63) is 68.9 Å². The second-order valence-electron chi connectivity index (χ2n) is 5.46. The lowest BCUT2D eigenvalue weighted by atomic mass is 10.0. The van der Waals surface area contributed by atoms with Crippen molar-refractivity contribution in [1.82, 2.24) is 25.1 Å². The van der Waals surface area contributed by atoms with Gasteiger partial charge < -0.3 is 0 Å². The number of hydrogen-bond acceptors (Lipinski definition) is 4. The molecule has 24 heavy (non-hydrogen) atoms. The van der Waals surface area contributed by atoms with Gasteiger partial charge in [0.05, 0.1) is 11.7 Å². The Morgan fingerprint density at radius 2 is 1.75 bits per heavy atom. The summed E-state index contributed by atoms with van der Waals surface area (Å²) in [5, 5.41) is 13.9. The highest BCUT2D eigenvalue weighted by Crippen LogP contribution is 2.33. The molecule has 3 aromatic rings. The monoisotopic (exact) mass is 381 g/mol. The summed E-state index contributed by atoms with van der Waals surface area (Å²) in [5.74, 6) is 0.631. The zero-order valence-corrected chi connectivity index (χ0v) is 15.3. The minimum atomic E-state index is -0.247. The molecule has 0 aliphatic rings. The van der Waals surface area contributed by atoms with Crippen LogP contribution >= 0.6 is 34.8 Å². The summed E-state index contributed by atoms with van der Waals surface area (Å²) in [4.78, 5) is 1.99. The van der Waals surface area contributed by atoms with Gasteiger partial charge in [0.1, 0.15) is 0 Å². The van der Waals surface area contributed by atoms with Gasteiger partial charge in [-0.3, -0.25) is 4.90 Å². The second kappa shape index (κ2) is 7.07. The topological polar surface area (TPSA) is 46.8 Å². The van der Waals surface area contributed by atoms with Crippen LogP contribution in [0.15, 0.2) is 42.5 Å². The largest absolute Gasteiger partial charge is 0.296 e. The molecule has 1 atom stereocenters. The highest BCUT2D eigenvalue weighted by atomic mass is 35.5. The van der Waals surface area contributed by atoms with E-state index in [1.807, 2.05) is 37.2 Å². The summed E-state index contributed by atoms with van der Waals surface area (Å²) in [7, 11) is 3.87. The maximum absolute atomic E-state index is 6.40. The molecule has 0 unspecified atom stereocenters. The van der Waals surface area contributed by atoms with Crippen LogP contribution < -0.4 is 0 Å². The molecule has 3 rings (SSSR count). The minimum Gasteiger partial charge on any atom is -0.296 e. The van der Waals surface area contributed by atoms with Crippen molar-refractivity contribution in [2.24, 2.45) is 0 Å². The zero-order valence-electron chi connectivity index (χ0n) is 13.0. The Bertz CT molecular complexity index is 862. The predicted octanol–water partition coefficient (Wildman–Crippen LogP) is 4.27. The van der Waals surface area contributed by atoms with E-state index in [-0.39, 0.29) is 6.04 Å². The van der Waals surface area contributed by atoms with E-state index in [1.54, 1.807) is 28.9 Å². The molecule has 0 amide bonds. The van der Waals surface area contributed by atoms with Crippen molar-refractivity contribution in [2.75, 3.05) is 14.1 Å². The molecule has 0 aliphatic heterocycles. The van der Waals surface area contributed by atoms with Gasteiger partial charge in [-0.05, 0) is 60.4 Å². The smallest absolute Gasteiger partial charge is 0.178 e. The van der Waals surface area contributed by atoms with Crippen LogP contribution in [0.2, 0.25) is 15.1 Å². The predicted molar refractivity (Wildman–Crippen MR) is 96.2 cm³/mol. The van der Waals surface area contributed by atoms with Gasteiger partial charge in [-0.2, -0.15) is 4.68 Å². The highest BCUT2D eigenvalue weighted by molar-refractivity contribution is 6.35. The van der Waals surface area contributed by atoms with Crippen molar-refractivity contribution in [3.8, 4) is 5.69 Å². The van der Waals surface area contributed by atoms with Gasteiger partial charge in [0, 0.05) is 15.1 Å². The number of nitrogens with zero attached hydrogens (tertiary/aromatic N) is 5. The fourth-order valence-corrected chi connectivity index (χ4v) is 3.22. The molecule has 0 bridgehead atoms. The van der Waals surface area contributed by atoms with E-state index < -0.39 is 0 Å². The number of halogens is 3. The standard InChI is InChI=1S/C16H14Cl3N5/c1-23(2)15(13-7-6-11(18)9-14(13)19)16-20-21-22-24(16)12-5-3-4-10(17)8-12/h3-9,15H,1-2H3/t15-/m0/s1. The Kier molecular flexibility index (Phi) is 5.06. The molecule has 0 radical (unpaired) electrons. The molecule has 0 spiro atoms. The van der Waals surface area contributed by atoms with Crippen molar-refractivity contribution in [2.45, 2.75) is 6.04 Å². The molecule has 5 nitrogen and oxygen atoms in total. The first kappa shape index (κ1) is 17.2. The van der Waals surface area contributed by atoms with Crippen LogP contribution in [0, 0.1) is 0 Å². The van der Waals surface area contributed by atoms with Gasteiger partial charge in [0.15, 0.2) is 5.82 Å². The number of rotatable bonds is 4. The van der Waals surface area contributed by atoms with E-state index in [9.17, 15) is 0 Å². The highest BCUT2D eigenvalue weighted by Gasteiger charge is 2.26. The molecular formula is C16H14Cl3N5. The summed E-state index contributed by atoms with van der Waals surface area (Å²) in [6, 6.07) is 12.5. The van der Waals surface area contributed by atoms with Crippen molar-refractivity contribution >= 4 is 34.8 Å². The normalized spacial score (nSPS) is 12.6. The van der Waals surface area contributed by atoms with Gasteiger partial charge in [-0.15, -0.1) is 5.10 Å². The van der Waals surface area contributed by atoms with E-state index in [1.165, 1.54) is 0 Å². The third-order valence-electron chi connectivity index (χ3n) is 3.56. The molecule has 0 saturated carbocycles. The van der Waals surface area contributed by atoms with Gasteiger partial charge in [0.25, 0.3) is 0 Å². The fraction of sp³-hybridized carbons (Fsp3) is 0.188. The van der Waals surface area contributed by atoms with E-state index in [0.29, 0.717) is 20.9 Å². The number of benzene rings is 2. The van der Waals surface area contributed by atoms with Crippen LogP contribution in [0.1, 0.15) is 17.4 Å². The lowest BCUT2D eigenvalue weighted by Gasteiger charge is -2.24. The summed E-state index contributed by atoms with van der Waals surface area (Å²) >= 11 is 18.5. The first-order chi connectivity index (χ1) is 11.5.